The second-order valence-corrected chi connectivity index (χ2v) is 4.18. The number of aliphatic hydroxyl groups is 1. The van der Waals surface area contributed by atoms with Crippen LogP contribution in [0.3, 0.4) is 0 Å². The van der Waals surface area contributed by atoms with Crippen molar-refractivity contribution in [2.75, 3.05) is 17.7 Å². The van der Waals surface area contributed by atoms with Crippen LogP contribution in [0.5, 0.6) is 0 Å². The Balaban J connectivity index is 2.80. The summed E-state index contributed by atoms with van der Waals surface area (Å²) in [5.74, 6) is 1.56. The average Bonchev–Trinajstić information content (AvgIpc) is 2.17. The summed E-state index contributed by atoms with van der Waals surface area (Å²) >= 11 is 0. The molecule has 15 heavy (non-hydrogen) atoms. The number of aromatic nitrogens is 1. The summed E-state index contributed by atoms with van der Waals surface area (Å²) in [5.41, 5.74) is -0.390. The number of anilines is 2. The second kappa shape index (κ2) is 4.49. The molecule has 0 spiro atoms. The molecule has 3 N–H and O–H groups in total. The molecule has 1 atom stereocenters. The Hall–Kier alpha value is -1.29. The van der Waals surface area contributed by atoms with E-state index in [2.05, 4.69) is 15.6 Å². The molecule has 0 aromatic carbocycles. The summed E-state index contributed by atoms with van der Waals surface area (Å²) in [6, 6.07) is 5.69. The van der Waals surface area contributed by atoms with Gasteiger partial charge >= 0.3 is 0 Å². The van der Waals surface area contributed by atoms with Crippen LogP contribution in [0.15, 0.2) is 18.2 Å². The van der Waals surface area contributed by atoms with Crippen LogP contribution in [0.1, 0.15) is 20.8 Å². The van der Waals surface area contributed by atoms with Gasteiger partial charge in [-0.25, -0.2) is 4.98 Å². The van der Waals surface area contributed by atoms with Gasteiger partial charge in [0.1, 0.15) is 11.6 Å². The Labute approximate surface area is 90.7 Å². The quantitative estimate of drug-likeness (QED) is 0.706. The van der Waals surface area contributed by atoms with Crippen molar-refractivity contribution in [1.29, 1.82) is 0 Å². The third-order valence-electron chi connectivity index (χ3n) is 2.50. The van der Waals surface area contributed by atoms with Gasteiger partial charge < -0.3 is 15.7 Å². The first-order valence-corrected chi connectivity index (χ1v) is 5.07. The number of hydrogen-bond acceptors (Lipinski definition) is 4. The predicted octanol–water partition coefficient (Wildman–Crippen LogP) is 1.69. The van der Waals surface area contributed by atoms with Crippen LogP contribution in [-0.4, -0.2) is 28.8 Å². The number of aliphatic hydroxyl groups excluding tert-OH is 1. The van der Waals surface area contributed by atoms with Gasteiger partial charge in [0.2, 0.25) is 0 Å². The van der Waals surface area contributed by atoms with E-state index in [-0.39, 0.29) is 5.54 Å². The Bertz CT molecular complexity index is 323. The number of nitrogens with zero attached hydrogens (tertiary/aromatic N) is 1. The number of nitrogens with one attached hydrogen (secondary N) is 2. The molecular weight excluding hydrogens is 190 g/mol. The van der Waals surface area contributed by atoms with Gasteiger partial charge in [0.15, 0.2) is 0 Å². The molecule has 1 aromatic heterocycles. The van der Waals surface area contributed by atoms with Gasteiger partial charge in [-0.3, -0.25) is 0 Å². The zero-order valence-electron chi connectivity index (χ0n) is 9.70. The molecule has 0 aliphatic rings. The molecule has 0 aliphatic heterocycles. The zero-order chi connectivity index (χ0) is 11.5. The van der Waals surface area contributed by atoms with Crippen molar-refractivity contribution in [3.63, 3.8) is 0 Å². The van der Waals surface area contributed by atoms with E-state index >= 15 is 0 Å². The van der Waals surface area contributed by atoms with Gasteiger partial charge in [0.05, 0.1) is 11.6 Å². The summed E-state index contributed by atoms with van der Waals surface area (Å²) in [4.78, 5) is 4.33. The second-order valence-electron chi connectivity index (χ2n) is 4.18. The van der Waals surface area contributed by atoms with Gasteiger partial charge in [-0.2, -0.15) is 0 Å². The molecule has 1 unspecified atom stereocenters. The number of rotatable bonds is 4. The fourth-order valence-corrected chi connectivity index (χ4v) is 1.08. The molecule has 1 heterocycles. The van der Waals surface area contributed by atoms with Crippen LogP contribution in [0.2, 0.25) is 0 Å². The smallest absolute Gasteiger partial charge is 0.128 e. The fourth-order valence-electron chi connectivity index (χ4n) is 1.08. The van der Waals surface area contributed by atoms with Crippen LogP contribution >= 0.6 is 0 Å². The van der Waals surface area contributed by atoms with Crippen molar-refractivity contribution in [2.24, 2.45) is 0 Å². The van der Waals surface area contributed by atoms with Gasteiger partial charge in [-0.15, -0.1) is 0 Å². The first-order valence-electron chi connectivity index (χ1n) is 5.07. The highest BCUT2D eigenvalue weighted by molar-refractivity contribution is 5.46. The Morgan fingerprint density at radius 2 is 1.93 bits per heavy atom. The molecule has 0 bridgehead atoms. The molecule has 1 rings (SSSR count). The van der Waals surface area contributed by atoms with Crippen LogP contribution in [0, 0.1) is 0 Å². The minimum absolute atomic E-state index is 0.390. The van der Waals surface area contributed by atoms with Crippen molar-refractivity contribution in [1.82, 2.24) is 4.98 Å². The van der Waals surface area contributed by atoms with E-state index in [0.29, 0.717) is 0 Å². The molecule has 84 valence electrons. The summed E-state index contributed by atoms with van der Waals surface area (Å²) in [5, 5.41) is 15.7. The topological polar surface area (TPSA) is 57.2 Å². The maximum absolute atomic E-state index is 9.56. The Morgan fingerprint density at radius 1 is 1.33 bits per heavy atom. The molecule has 0 saturated heterocycles. The average molecular weight is 209 g/mol. The molecule has 4 heteroatoms. The monoisotopic (exact) mass is 209 g/mol. The maximum Gasteiger partial charge on any atom is 0.128 e. The molecule has 0 amide bonds. The lowest BCUT2D eigenvalue weighted by atomic mass is 9.99. The maximum atomic E-state index is 9.56. The SMILES string of the molecule is CNc1cccc(NC(C)(C)C(C)O)n1. The molecule has 0 saturated carbocycles. The largest absolute Gasteiger partial charge is 0.391 e. The molecule has 4 nitrogen and oxygen atoms in total. The third-order valence-corrected chi connectivity index (χ3v) is 2.50. The molecule has 1 aromatic rings. The highest BCUT2D eigenvalue weighted by Gasteiger charge is 2.23. The number of hydrogen-bond donors (Lipinski definition) is 3. The van der Waals surface area contributed by atoms with Crippen molar-refractivity contribution < 1.29 is 5.11 Å². The third kappa shape index (κ3) is 3.09. The van der Waals surface area contributed by atoms with Gasteiger partial charge in [-0.05, 0) is 32.9 Å². The molecule has 0 fully saturated rings. The Morgan fingerprint density at radius 3 is 2.47 bits per heavy atom. The first-order chi connectivity index (χ1) is 6.95. The van der Waals surface area contributed by atoms with E-state index in [4.69, 9.17) is 0 Å². The Kier molecular flexibility index (Phi) is 3.52. The predicted molar refractivity (Wildman–Crippen MR) is 63.2 cm³/mol. The van der Waals surface area contributed by atoms with Gasteiger partial charge in [0, 0.05) is 7.05 Å². The van der Waals surface area contributed by atoms with E-state index in [1.807, 2.05) is 39.1 Å². The molecule has 0 aliphatic carbocycles. The van der Waals surface area contributed by atoms with E-state index in [9.17, 15) is 5.11 Å². The lowest BCUT2D eigenvalue weighted by Crippen LogP contribution is -2.42. The van der Waals surface area contributed by atoms with Crippen molar-refractivity contribution >= 4 is 11.6 Å². The zero-order valence-corrected chi connectivity index (χ0v) is 9.70. The van der Waals surface area contributed by atoms with Gasteiger partial charge in [0.25, 0.3) is 0 Å². The fraction of sp³-hybridized carbons (Fsp3) is 0.545. The van der Waals surface area contributed by atoms with Gasteiger partial charge in [-0.1, -0.05) is 6.07 Å². The lowest BCUT2D eigenvalue weighted by Gasteiger charge is -2.30. The first kappa shape index (κ1) is 11.8. The highest BCUT2D eigenvalue weighted by atomic mass is 16.3. The highest BCUT2D eigenvalue weighted by Crippen LogP contribution is 2.17. The van der Waals surface area contributed by atoms with Crippen molar-refractivity contribution in [3.8, 4) is 0 Å². The lowest BCUT2D eigenvalue weighted by molar-refractivity contribution is 0.133. The van der Waals surface area contributed by atoms with Crippen LogP contribution in [-0.2, 0) is 0 Å². The summed E-state index contributed by atoms with van der Waals surface area (Å²) in [7, 11) is 1.83. The summed E-state index contributed by atoms with van der Waals surface area (Å²) in [6.45, 7) is 5.63. The summed E-state index contributed by atoms with van der Waals surface area (Å²) in [6.07, 6.45) is -0.447. The van der Waals surface area contributed by atoms with Crippen LogP contribution in [0.4, 0.5) is 11.6 Å². The van der Waals surface area contributed by atoms with E-state index < -0.39 is 6.10 Å². The molecule has 0 radical (unpaired) electrons. The van der Waals surface area contributed by atoms with Crippen LogP contribution < -0.4 is 10.6 Å². The van der Waals surface area contributed by atoms with E-state index in [0.717, 1.165) is 11.6 Å². The minimum atomic E-state index is -0.447. The van der Waals surface area contributed by atoms with Crippen molar-refractivity contribution in [2.45, 2.75) is 32.4 Å². The van der Waals surface area contributed by atoms with E-state index in [1.54, 1.807) is 6.92 Å². The van der Waals surface area contributed by atoms with E-state index in [1.165, 1.54) is 0 Å². The van der Waals surface area contributed by atoms with Crippen molar-refractivity contribution in [3.05, 3.63) is 18.2 Å². The number of pyridine rings is 1. The standard InChI is InChI=1S/C11H19N3O/c1-8(15)11(2,3)14-10-7-5-6-9(12-4)13-10/h5-8,15H,1-4H3,(H2,12,13,14). The molecular formula is C11H19N3O. The normalized spacial score (nSPS) is 13.4. The summed E-state index contributed by atoms with van der Waals surface area (Å²) < 4.78 is 0. The minimum Gasteiger partial charge on any atom is -0.391 e. The van der Waals surface area contributed by atoms with Crippen LogP contribution in [0.25, 0.3) is 0 Å².